The van der Waals surface area contributed by atoms with Gasteiger partial charge in [-0.05, 0) is 84.6 Å². The summed E-state index contributed by atoms with van der Waals surface area (Å²) in [5.41, 5.74) is 3.86. The van der Waals surface area contributed by atoms with Crippen molar-refractivity contribution in [3.05, 3.63) is 59.2 Å². The van der Waals surface area contributed by atoms with E-state index >= 15 is 0 Å². The Morgan fingerprint density at radius 2 is 1.43 bits per heavy atom. The molecular formula is C35H52N2NaO3P. The van der Waals surface area contributed by atoms with Crippen LogP contribution in [0.2, 0.25) is 0 Å². The third-order valence-corrected chi connectivity index (χ3v) is 9.63. The first-order chi connectivity index (χ1) is 19.8. The van der Waals surface area contributed by atoms with Gasteiger partial charge in [0.2, 0.25) is 5.91 Å². The topological polar surface area (TPSA) is 81.6 Å². The van der Waals surface area contributed by atoms with E-state index in [9.17, 15) is 14.7 Å². The first-order valence-electron chi connectivity index (χ1n) is 15.9. The summed E-state index contributed by atoms with van der Waals surface area (Å²) >= 11 is 0. The molecule has 2 aromatic carbocycles. The molecule has 2 aromatic rings. The van der Waals surface area contributed by atoms with Crippen LogP contribution < -0.4 is 50.6 Å². The number of amides is 2. The fourth-order valence-corrected chi connectivity index (χ4v) is 7.00. The van der Waals surface area contributed by atoms with Gasteiger partial charge in [0, 0.05) is 0 Å². The maximum atomic E-state index is 11.9. The molecule has 0 aromatic heterocycles. The number of nitrogens with one attached hydrogen (secondary N) is 1. The van der Waals surface area contributed by atoms with Crippen molar-refractivity contribution in [3.63, 3.8) is 0 Å². The molecule has 2 amide bonds. The Morgan fingerprint density at radius 3 is 1.98 bits per heavy atom. The summed E-state index contributed by atoms with van der Waals surface area (Å²) < 4.78 is 0. The number of carbonyl (C=O) groups excluding carboxylic acids is 2. The molecule has 7 heteroatoms. The van der Waals surface area contributed by atoms with E-state index < -0.39 is 23.3 Å². The zero-order valence-corrected chi connectivity index (χ0v) is 30.3. The Kier molecular flexibility index (Phi) is 18.7. The largest absolute Gasteiger partial charge is 1.00 e. The van der Waals surface area contributed by atoms with E-state index in [4.69, 9.17) is 0 Å². The number of amidine groups is 1. The molecule has 1 aliphatic rings. The second kappa shape index (κ2) is 20.4. The van der Waals surface area contributed by atoms with Gasteiger partial charge in [0.1, 0.15) is 5.41 Å². The fourth-order valence-electron chi connectivity index (χ4n) is 5.74. The van der Waals surface area contributed by atoms with Gasteiger partial charge in [-0.3, -0.25) is 9.59 Å². The van der Waals surface area contributed by atoms with E-state index in [-0.39, 0.29) is 35.5 Å². The minimum Gasteiger partial charge on any atom is -0.846 e. The van der Waals surface area contributed by atoms with Gasteiger partial charge in [-0.25, -0.2) is 4.99 Å². The van der Waals surface area contributed by atoms with Gasteiger partial charge in [0.05, 0.1) is 6.02 Å². The minimum atomic E-state index is -1.15. The summed E-state index contributed by atoms with van der Waals surface area (Å²) in [4.78, 5) is 27.1. The second-order valence-electron chi connectivity index (χ2n) is 11.2. The molecule has 1 N–H and O–H groups in total. The number of carbonyl (C=O) groups is 2. The molecular weight excluding hydrogens is 550 g/mol. The molecule has 1 heterocycles. The van der Waals surface area contributed by atoms with E-state index in [1.54, 1.807) is 28.9 Å². The summed E-state index contributed by atoms with van der Waals surface area (Å²) in [5.74, 6) is -1.20. The standard InChI is InChI=1S/C24H35P.C11H18N2O3.Na/c1-4-7-13-20-18-19-24(25-21-14-11-10-12-15-21)23(17-9-6-3)22(20)16-8-5-2;1-4-6-7(3)11(5-2)8(14)12-10(16)13-9(11)15;/h10-12,14-15,18-19,25H,4-9,13,16-17H2,1-3H3;7H,4-6H2,1-3H3,(H2,12,13,14,15,16);/q;;+1/p-1. The molecule has 3 rings (SSSR count). The Labute approximate surface area is 279 Å². The van der Waals surface area contributed by atoms with Crippen LogP contribution in [0, 0.1) is 11.3 Å². The van der Waals surface area contributed by atoms with Crippen molar-refractivity contribution in [2.45, 2.75) is 119 Å². The van der Waals surface area contributed by atoms with Crippen LogP contribution in [0.15, 0.2) is 47.5 Å². The minimum absolute atomic E-state index is 0. The predicted octanol–water partition coefficient (Wildman–Crippen LogP) is 3.54. The third kappa shape index (κ3) is 10.6. The number of aliphatic imine (C=N–C) groups is 1. The summed E-state index contributed by atoms with van der Waals surface area (Å²) in [6.45, 7) is 12.5. The number of hydrogen-bond acceptors (Lipinski definition) is 3. The van der Waals surface area contributed by atoms with Crippen LogP contribution in [-0.4, -0.2) is 17.8 Å². The number of rotatable bonds is 15. The van der Waals surface area contributed by atoms with Gasteiger partial charge < -0.3 is 10.4 Å². The molecule has 0 radical (unpaired) electrons. The zero-order chi connectivity index (χ0) is 30.3. The number of hydrogen-bond donors (Lipinski definition) is 1. The SMILES string of the molecule is CCCC(C)C1(CC)C(=O)N=C([O-])NC1=O.CCCCc1ccc(Pc2ccccc2)c(CCCC)c1CCCC.[Na+]. The molecule has 0 saturated carbocycles. The number of aryl methyl sites for hydroxylation is 1. The molecule has 0 saturated heterocycles. The summed E-state index contributed by atoms with van der Waals surface area (Å²) in [5, 5.41) is 16.1. The van der Waals surface area contributed by atoms with Crippen molar-refractivity contribution in [3.8, 4) is 0 Å². The molecule has 3 atom stereocenters. The van der Waals surface area contributed by atoms with Crippen molar-refractivity contribution >= 4 is 37.0 Å². The number of nitrogens with zero attached hydrogens (tertiary/aromatic N) is 1. The van der Waals surface area contributed by atoms with Crippen LogP contribution in [0.1, 0.15) is 116 Å². The maximum Gasteiger partial charge on any atom is 1.00 e. The smallest absolute Gasteiger partial charge is 0.846 e. The molecule has 226 valence electrons. The van der Waals surface area contributed by atoms with Crippen LogP contribution in [0.25, 0.3) is 0 Å². The van der Waals surface area contributed by atoms with Crippen molar-refractivity contribution < 1.29 is 44.3 Å². The molecule has 1 aliphatic heterocycles. The monoisotopic (exact) mass is 602 g/mol. The summed E-state index contributed by atoms with van der Waals surface area (Å²) in [6.07, 6.45) is 13.6. The summed E-state index contributed by atoms with van der Waals surface area (Å²) in [7, 11) is 0.787. The van der Waals surface area contributed by atoms with E-state index in [1.807, 2.05) is 13.8 Å². The first-order valence-corrected chi connectivity index (χ1v) is 16.9. The Balaban J connectivity index is 0.000000450. The van der Waals surface area contributed by atoms with Gasteiger partial charge >= 0.3 is 29.6 Å². The van der Waals surface area contributed by atoms with Crippen LogP contribution in [0.3, 0.4) is 0 Å². The van der Waals surface area contributed by atoms with Crippen LogP contribution >= 0.6 is 8.58 Å². The van der Waals surface area contributed by atoms with Crippen molar-refractivity contribution in [1.29, 1.82) is 0 Å². The fraction of sp³-hybridized carbons (Fsp3) is 0.571. The average molecular weight is 603 g/mol. The van der Waals surface area contributed by atoms with Gasteiger partial charge in [-0.1, -0.05) is 118 Å². The normalized spacial score (nSPS) is 17.2. The van der Waals surface area contributed by atoms with E-state index in [0.29, 0.717) is 6.42 Å². The average Bonchev–Trinajstić information content (AvgIpc) is 2.96. The van der Waals surface area contributed by atoms with E-state index in [0.717, 1.165) is 21.4 Å². The van der Waals surface area contributed by atoms with Crippen molar-refractivity contribution in [2.75, 3.05) is 0 Å². The van der Waals surface area contributed by atoms with Crippen LogP contribution in [0.4, 0.5) is 0 Å². The van der Waals surface area contributed by atoms with Gasteiger partial charge in [0.15, 0.2) is 0 Å². The quantitative estimate of drug-likeness (QED) is 0.192. The van der Waals surface area contributed by atoms with Crippen molar-refractivity contribution in [2.24, 2.45) is 16.3 Å². The first kappa shape index (κ1) is 38.5. The summed E-state index contributed by atoms with van der Waals surface area (Å²) in [6, 6.07) is 15.0. The molecule has 0 spiro atoms. The van der Waals surface area contributed by atoms with Gasteiger partial charge in [-0.15, -0.1) is 0 Å². The Bertz CT molecular complexity index is 1140. The molecule has 0 aliphatic carbocycles. The van der Waals surface area contributed by atoms with Crippen LogP contribution in [0.5, 0.6) is 0 Å². The van der Waals surface area contributed by atoms with Crippen LogP contribution in [-0.2, 0) is 28.9 Å². The zero-order valence-electron chi connectivity index (χ0n) is 27.3. The van der Waals surface area contributed by atoms with E-state index in [1.165, 1.54) is 63.1 Å². The number of benzene rings is 2. The van der Waals surface area contributed by atoms with Gasteiger partial charge in [0.25, 0.3) is 5.91 Å². The Morgan fingerprint density at radius 1 is 0.833 bits per heavy atom. The second-order valence-corrected chi connectivity index (χ2v) is 12.6. The third-order valence-electron chi connectivity index (χ3n) is 8.27. The van der Waals surface area contributed by atoms with Gasteiger partial charge in [-0.2, -0.15) is 0 Å². The molecule has 0 fully saturated rings. The maximum absolute atomic E-state index is 11.9. The predicted molar refractivity (Wildman–Crippen MR) is 174 cm³/mol. The number of unbranched alkanes of at least 4 members (excludes halogenated alkanes) is 3. The molecule has 0 bridgehead atoms. The van der Waals surface area contributed by atoms with E-state index in [2.05, 4.69) is 73.5 Å². The Hall–Kier alpha value is -1.52. The van der Waals surface area contributed by atoms with Crippen molar-refractivity contribution in [1.82, 2.24) is 5.32 Å². The molecule has 3 unspecified atom stereocenters. The molecule has 5 nitrogen and oxygen atoms in total. The molecule has 42 heavy (non-hydrogen) atoms.